The van der Waals surface area contributed by atoms with Crippen LogP contribution in [-0.2, 0) is 4.79 Å². The van der Waals surface area contributed by atoms with E-state index < -0.39 is 34.2 Å². The van der Waals surface area contributed by atoms with E-state index in [1.54, 1.807) is 17.5 Å². The number of Topliss-reactive ketones (excluding diaryl/α,β-unsaturated/α-hetero) is 1. The third-order valence-corrected chi connectivity index (χ3v) is 7.05. The molecule has 1 aliphatic heterocycles. The van der Waals surface area contributed by atoms with Crippen LogP contribution in [0.2, 0.25) is 0 Å². The molecule has 1 N–H and O–H groups in total. The number of carbonyl (C=O) groups is 2. The minimum atomic E-state index is -1.07. The molecule has 1 aliphatic rings. The summed E-state index contributed by atoms with van der Waals surface area (Å²) in [6, 6.07) is 11.5. The van der Waals surface area contributed by atoms with Crippen LogP contribution in [0, 0.1) is 15.9 Å². The van der Waals surface area contributed by atoms with Crippen molar-refractivity contribution in [3.8, 4) is 0 Å². The number of ketones is 1. The van der Waals surface area contributed by atoms with E-state index >= 15 is 0 Å². The van der Waals surface area contributed by atoms with Crippen molar-refractivity contribution in [1.29, 1.82) is 0 Å². The maximum absolute atomic E-state index is 13.7. The standard InChI is InChI=1S/C22H12FN3O5S2/c23-12-5-8-14-16(10-12)33-22(24-14)25-18(11-3-6-13(7-4-11)26(30)31)17(20(28)21(25)29)19(27)15-2-1-9-32-15/h1-10,18,28H/t18-/m1/s1. The lowest BCUT2D eigenvalue weighted by Gasteiger charge is -2.24. The molecule has 4 aromatic rings. The van der Waals surface area contributed by atoms with Crippen molar-refractivity contribution < 1.29 is 24.0 Å². The van der Waals surface area contributed by atoms with E-state index in [0.29, 0.717) is 20.7 Å². The van der Waals surface area contributed by atoms with Crippen LogP contribution >= 0.6 is 22.7 Å². The number of aromatic nitrogens is 1. The van der Waals surface area contributed by atoms with Gasteiger partial charge in [-0.1, -0.05) is 17.4 Å². The number of aliphatic hydroxyl groups excluding tert-OH is 1. The van der Waals surface area contributed by atoms with E-state index in [9.17, 15) is 29.2 Å². The number of halogens is 1. The molecule has 2 aromatic heterocycles. The average Bonchev–Trinajstić information content (AvgIpc) is 3.52. The number of hydrogen-bond acceptors (Lipinski definition) is 8. The molecule has 33 heavy (non-hydrogen) atoms. The Bertz CT molecular complexity index is 1460. The fraction of sp³-hybridized carbons (Fsp3) is 0.0455. The second-order valence-corrected chi connectivity index (χ2v) is 9.06. The number of nitro groups is 1. The summed E-state index contributed by atoms with van der Waals surface area (Å²) in [6.07, 6.45) is 0. The SMILES string of the molecule is O=C(C1=C(O)C(=O)N(c2nc3ccc(F)cc3s2)[C@@H]1c1ccc([N+](=O)[O-])cc1)c1cccs1. The molecule has 0 saturated heterocycles. The number of hydrogen-bond donors (Lipinski definition) is 1. The lowest BCUT2D eigenvalue weighted by molar-refractivity contribution is -0.384. The Kier molecular flexibility index (Phi) is 4.99. The normalized spacial score (nSPS) is 16.1. The summed E-state index contributed by atoms with van der Waals surface area (Å²) in [7, 11) is 0. The molecule has 0 fully saturated rings. The Balaban J connectivity index is 1.67. The van der Waals surface area contributed by atoms with Gasteiger partial charge in [-0.05, 0) is 47.3 Å². The summed E-state index contributed by atoms with van der Waals surface area (Å²) in [6.45, 7) is 0. The molecule has 0 radical (unpaired) electrons. The fourth-order valence-electron chi connectivity index (χ4n) is 3.66. The van der Waals surface area contributed by atoms with Gasteiger partial charge in [0.1, 0.15) is 5.82 Å². The summed E-state index contributed by atoms with van der Waals surface area (Å²) >= 11 is 2.19. The largest absolute Gasteiger partial charge is 0.503 e. The van der Waals surface area contributed by atoms with Crippen LogP contribution in [0.15, 0.2) is 71.3 Å². The molecule has 5 rings (SSSR count). The van der Waals surface area contributed by atoms with Gasteiger partial charge in [0.15, 0.2) is 10.9 Å². The number of benzene rings is 2. The predicted molar refractivity (Wildman–Crippen MR) is 121 cm³/mol. The molecule has 8 nitrogen and oxygen atoms in total. The fourth-order valence-corrected chi connectivity index (χ4v) is 5.35. The van der Waals surface area contributed by atoms with Gasteiger partial charge >= 0.3 is 0 Å². The van der Waals surface area contributed by atoms with Crippen molar-refractivity contribution in [2.45, 2.75) is 6.04 Å². The second-order valence-electron chi connectivity index (χ2n) is 7.10. The van der Waals surface area contributed by atoms with Crippen molar-refractivity contribution in [3.05, 3.63) is 97.7 Å². The topological polar surface area (TPSA) is 114 Å². The first kappa shape index (κ1) is 20.9. The Labute approximate surface area is 193 Å². The van der Waals surface area contributed by atoms with Gasteiger partial charge in [-0.15, -0.1) is 11.3 Å². The zero-order chi connectivity index (χ0) is 23.3. The van der Waals surface area contributed by atoms with Gasteiger partial charge in [-0.3, -0.25) is 24.6 Å². The zero-order valence-electron chi connectivity index (χ0n) is 16.5. The molecule has 1 atom stereocenters. The molecule has 0 saturated carbocycles. The Morgan fingerprint density at radius 1 is 1.18 bits per heavy atom. The number of nitro benzene ring substituents is 1. The highest BCUT2D eigenvalue weighted by molar-refractivity contribution is 7.22. The maximum atomic E-state index is 13.7. The molecule has 164 valence electrons. The molecular weight excluding hydrogens is 469 g/mol. The molecule has 0 unspecified atom stereocenters. The van der Waals surface area contributed by atoms with E-state index in [-0.39, 0.29) is 16.4 Å². The molecule has 3 heterocycles. The number of anilines is 1. The minimum absolute atomic E-state index is 0.151. The lowest BCUT2D eigenvalue weighted by atomic mass is 9.95. The van der Waals surface area contributed by atoms with Crippen LogP contribution in [0.3, 0.4) is 0 Å². The number of carbonyl (C=O) groups excluding carboxylic acids is 2. The highest BCUT2D eigenvalue weighted by Gasteiger charge is 2.46. The van der Waals surface area contributed by atoms with Gasteiger partial charge in [0.2, 0.25) is 5.78 Å². The first-order chi connectivity index (χ1) is 15.8. The average molecular weight is 481 g/mol. The van der Waals surface area contributed by atoms with Gasteiger partial charge in [0.25, 0.3) is 11.6 Å². The van der Waals surface area contributed by atoms with Gasteiger partial charge in [-0.25, -0.2) is 9.37 Å². The van der Waals surface area contributed by atoms with E-state index in [0.717, 1.165) is 22.7 Å². The number of aliphatic hydroxyl groups is 1. The number of nitrogens with zero attached hydrogens (tertiary/aromatic N) is 3. The number of rotatable bonds is 5. The van der Waals surface area contributed by atoms with Crippen LogP contribution in [-0.4, -0.2) is 26.7 Å². The van der Waals surface area contributed by atoms with Crippen molar-refractivity contribution in [2.75, 3.05) is 4.90 Å². The molecule has 0 bridgehead atoms. The van der Waals surface area contributed by atoms with Crippen molar-refractivity contribution in [1.82, 2.24) is 4.98 Å². The molecule has 11 heteroatoms. The molecule has 1 amide bonds. The minimum Gasteiger partial charge on any atom is -0.503 e. The van der Waals surface area contributed by atoms with Crippen LogP contribution in [0.4, 0.5) is 15.2 Å². The number of fused-ring (bicyclic) bond motifs is 1. The van der Waals surface area contributed by atoms with Gasteiger partial charge in [0, 0.05) is 12.1 Å². The van der Waals surface area contributed by atoms with Crippen LogP contribution in [0.5, 0.6) is 0 Å². The van der Waals surface area contributed by atoms with Crippen molar-refractivity contribution in [3.63, 3.8) is 0 Å². The van der Waals surface area contributed by atoms with E-state index in [1.165, 1.54) is 47.4 Å². The Hall–Kier alpha value is -3.96. The summed E-state index contributed by atoms with van der Waals surface area (Å²) < 4.78 is 14.2. The van der Waals surface area contributed by atoms with Gasteiger partial charge < -0.3 is 5.11 Å². The summed E-state index contributed by atoms with van der Waals surface area (Å²) in [4.78, 5) is 42.8. The van der Waals surface area contributed by atoms with Crippen LogP contribution < -0.4 is 4.90 Å². The second kappa shape index (κ2) is 7.87. The first-order valence-corrected chi connectivity index (χ1v) is 11.2. The highest BCUT2D eigenvalue weighted by atomic mass is 32.1. The summed E-state index contributed by atoms with van der Waals surface area (Å²) in [5.74, 6) is -2.55. The third-order valence-electron chi connectivity index (χ3n) is 5.16. The third kappa shape index (κ3) is 3.47. The monoisotopic (exact) mass is 481 g/mol. The summed E-state index contributed by atoms with van der Waals surface area (Å²) in [5, 5.41) is 23.7. The quantitative estimate of drug-likeness (QED) is 0.238. The number of thiophene rings is 1. The molecule has 2 aromatic carbocycles. The first-order valence-electron chi connectivity index (χ1n) is 9.50. The predicted octanol–water partition coefficient (Wildman–Crippen LogP) is 5.19. The zero-order valence-corrected chi connectivity index (χ0v) is 18.1. The maximum Gasteiger partial charge on any atom is 0.296 e. The Morgan fingerprint density at radius 3 is 2.61 bits per heavy atom. The van der Waals surface area contributed by atoms with E-state index in [2.05, 4.69) is 4.98 Å². The lowest BCUT2D eigenvalue weighted by Crippen LogP contribution is -2.30. The van der Waals surface area contributed by atoms with Crippen LogP contribution in [0.25, 0.3) is 10.2 Å². The van der Waals surface area contributed by atoms with E-state index in [1.807, 2.05) is 0 Å². The van der Waals surface area contributed by atoms with E-state index in [4.69, 9.17) is 0 Å². The highest BCUT2D eigenvalue weighted by Crippen LogP contribution is 2.44. The van der Waals surface area contributed by atoms with Crippen molar-refractivity contribution >= 4 is 55.4 Å². The number of thiazole rings is 1. The van der Waals surface area contributed by atoms with Gasteiger partial charge in [0.05, 0.1) is 31.6 Å². The number of amides is 1. The molecule has 0 aliphatic carbocycles. The molecular formula is C22H12FN3O5S2. The van der Waals surface area contributed by atoms with Crippen molar-refractivity contribution in [2.24, 2.45) is 0 Å². The Morgan fingerprint density at radius 2 is 1.94 bits per heavy atom. The summed E-state index contributed by atoms with van der Waals surface area (Å²) in [5.41, 5.74) is 0.513. The van der Waals surface area contributed by atoms with Gasteiger partial charge in [-0.2, -0.15) is 0 Å². The van der Waals surface area contributed by atoms with Crippen LogP contribution in [0.1, 0.15) is 21.3 Å². The molecule has 0 spiro atoms. The number of non-ortho nitro benzene ring substituents is 1. The smallest absolute Gasteiger partial charge is 0.296 e.